The molecule has 1 aromatic carbocycles. The molecule has 7 heteroatoms. The third kappa shape index (κ3) is 3.52. The highest BCUT2D eigenvalue weighted by Gasteiger charge is 2.27. The Morgan fingerprint density at radius 3 is 2.65 bits per heavy atom. The fraction of sp³-hybridized carbons (Fsp3) is 0.500. The first-order valence-electron chi connectivity index (χ1n) is 7.69. The van der Waals surface area contributed by atoms with E-state index >= 15 is 0 Å². The van der Waals surface area contributed by atoms with Gasteiger partial charge in [-0.05, 0) is 24.5 Å². The molecule has 2 aliphatic heterocycles. The molecule has 1 atom stereocenters. The normalized spacial score (nSPS) is 20.2. The van der Waals surface area contributed by atoms with Gasteiger partial charge in [0.05, 0.1) is 12.3 Å². The zero-order valence-electron chi connectivity index (χ0n) is 12.7. The molecule has 0 radical (unpaired) electrons. The summed E-state index contributed by atoms with van der Waals surface area (Å²) in [7, 11) is 0. The number of benzene rings is 1. The van der Waals surface area contributed by atoms with Gasteiger partial charge in [-0.2, -0.15) is 0 Å². The van der Waals surface area contributed by atoms with Crippen molar-refractivity contribution in [1.29, 1.82) is 0 Å². The molecule has 6 nitrogen and oxygen atoms in total. The van der Waals surface area contributed by atoms with Crippen molar-refractivity contribution in [3.8, 4) is 11.5 Å². The summed E-state index contributed by atoms with van der Waals surface area (Å²) in [6, 6.07) is 3.44. The second-order valence-corrected chi connectivity index (χ2v) is 6.25. The lowest BCUT2D eigenvalue weighted by atomic mass is 9.97. The van der Waals surface area contributed by atoms with E-state index in [9.17, 15) is 9.59 Å². The Hall–Kier alpha value is -1.95. The van der Waals surface area contributed by atoms with E-state index in [0.717, 1.165) is 12.8 Å². The van der Waals surface area contributed by atoms with Crippen molar-refractivity contribution < 1.29 is 19.1 Å². The number of nitrogens with zero attached hydrogens (tertiary/aromatic N) is 1. The minimum Gasteiger partial charge on any atom is -0.486 e. The highest BCUT2D eigenvalue weighted by Crippen LogP contribution is 2.35. The van der Waals surface area contributed by atoms with Crippen molar-refractivity contribution in [2.45, 2.75) is 19.3 Å². The predicted octanol–water partition coefficient (Wildman–Crippen LogP) is 1.38. The summed E-state index contributed by atoms with van der Waals surface area (Å²) < 4.78 is 11.0. The molecule has 3 rings (SSSR count). The van der Waals surface area contributed by atoms with Crippen molar-refractivity contribution in [1.82, 2.24) is 4.90 Å². The van der Waals surface area contributed by atoms with E-state index in [4.69, 9.17) is 26.8 Å². The first-order chi connectivity index (χ1) is 11.0. The fourth-order valence-electron chi connectivity index (χ4n) is 2.95. The number of halogens is 1. The number of piperidine rings is 1. The van der Waals surface area contributed by atoms with Crippen molar-refractivity contribution in [3.05, 3.63) is 22.7 Å². The second-order valence-electron chi connectivity index (χ2n) is 5.85. The molecule has 1 saturated heterocycles. The zero-order chi connectivity index (χ0) is 16.4. The number of likely N-dealkylation sites (tertiary alicyclic amines) is 1. The van der Waals surface area contributed by atoms with Crippen molar-refractivity contribution >= 4 is 23.4 Å². The summed E-state index contributed by atoms with van der Waals surface area (Å²) in [5.74, 6) is 0.541. The van der Waals surface area contributed by atoms with E-state index < -0.39 is 0 Å². The SMILES string of the molecule is NC(=O)[C@H]1CCCN(C(=O)Cc2cc3c(cc2Cl)OCCO3)C1. The number of nitrogens with two attached hydrogens (primary N) is 1. The van der Waals surface area contributed by atoms with Gasteiger partial charge < -0.3 is 20.1 Å². The van der Waals surface area contributed by atoms with E-state index in [-0.39, 0.29) is 24.2 Å². The summed E-state index contributed by atoms with van der Waals surface area (Å²) in [6.45, 7) is 2.00. The molecule has 2 heterocycles. The lowest BCUT2D eigenvalue weighted by Crippen LogP contribution is -2.44. The third-order valence-corrected chi connectivity index (χ3v) is 4.58. The van der Waals surface area contributed by atoms with Gasteiger partial charge in [-0.1, -0.05) is 11.6 Å². The second kappa shape index (κ2) is 6.66. The fourth-order valence-corrected chi connectivity index (χ4v) is 3.17. The van der Waals surface area contributed by atoms with Crippen LogP contribution in [0.3, 0.4) is 0 Å². The number of primary amides is 1. The zero-order valence-corrected chi connectivity index (χ0v) is 13.5. The number of ether oxygens (including phenoxy) is 2. The molecule has 0 aromatic heterocycles. The highest BCUT2D eigenvalue weighted by molar-refractivity contribution is 6.31. The van der Waals surface area contributed by atoms with Crippen LogP contribution in [0.15, 0.2) is 12.1 Å². The molecule has 1 aromatic rings. The first-order valence-corrected chi connectivity index (χ1v) is 8.07. The molecule has 2 amide bonds. The van der Waals surface area contributed by atoms with Gasteiger partial charge in [0.25, 0.3) is 0 Å². The average Bonchev–Trinajstić information content (AvgIpc) is 2.55. The molecule has 0 unspecified atom stereocenters. The van der Waals surface area contributed by atoms with Crippen LogP contribution in [0.5, 0.6) is 11.5 Å². The number of hydrogen-bond acceptors (Lipinski definition) is 4. The van der Waals surface area contributed by atoms with Crippen LogP contribution in [0.1, 0.15) is 18.4 Å². The van der Waals surface area contributed by atoms with Gasteiger partial charge >= 0.3 is 0 Å². The molecule has 0 aliphatic carbocycles. The summed E-state index contributed by atoms with van der Waals surface area (Å²) in [5, 5.41) is 0.478. The maximum absolute atomic E-state index is 12.5. The van der Waals surface area contributed by atoms with Gasteiger partial charge in [-0.15, -0.1) is 0 Å². The number of carbonyl (C=O) groups excluding carboxylic acids is 2. The molecular weight excluding hydrogens is 320 g/mol. The Labute approximate surface area is 139 Å². The smallest absolute Gasteiger partial charge is 0.227 e. The number of hydrogen-bond donors (Lipinski definition) is 1. The maximum Gasteiger partial charge on any atom is 0.227 e. The van der Waals surface area contributed by atoms with Gasteiger partial charge in [0, 0.05) is 24.2 Å². The Balaban J connectivity index is 1.71. The van der Waals surface area contributed by atoms with Gasteiger partial charge in [0.15, 0.2) is 11.5 Å². The molecule has 2 aliphatic rings. The minimum atomic E-state index is -0.347. The molecule has 23 heavy (non-hydrogen) atoms. The van der Waals surface area contributed by atoms with Crippen LogP contribution in [-0.2, 0) is 16.0 Å². The van der Waals surface area contributed by atoms with Crippen molar-refractivity contribution in [2.24, 2.45) is 11.7 Å². The van der Waals surface area contributed by atoms with Gasteiger partial charge in [0.2, 0.25) is 11.8 Å². The largest absolute Gasteiger partial charge is 0.486 e. The third-order valence-electron chi connectivity index (χ3n) is 4.23. The maximum atomic E-state index is 12.5. The van der Waals surface area contributed by atoms with Crippen molar-refractivity contribution in [2.75, 3.05) is 26.3 Å². The predicted molar refractivity (Wildman–Crippen MR) is 84.6 cm³/mol. The minimum absolute atomic E-state index is 0.0606. The van der Waals surface area contributed by atoms with Gasteiger partial charge in [-0.25, -0.2) is 0 Å². The van der Waals surface area contributed by atoms with E-state index in [1.165, 1.54) is 0 Å². The highest BCUT2D eigenvalue weighted by atomic mass is 35.5. The van der Waals surface area contributed by atoms with Crippen LogP contribution in [0.2, 0.25) is 5.02 Å². The topological polar surface area (TPSA) is 81.9 Å². The lowest BCUT2D eigenvalue weighted by Gasteiger charge is -2.31. The Morgan fingerprint density at radius 2 is 1.96 bits per heavy atom. The Morgan fingerprint density at radius 1 is 1.26 bits per heavy atom. The number of amides is 2. The summed E-state index contributed by atoms with van der Waals surface area (Å²) >= 11 is 6.24. The molecule has 0 saturated carbocycles. The van der Waals surface area contributed by atoms with Crippen molar-refractivity contribution in [3.63, 3.8) is 0 Å². The van der Waals surface area contributed by atoms with Crippen LogP contribution >= 0.6 is 11.6 Å². The van der Waals surface area contributed by atoms with Crippen LogP contribution in [0.25, 0.3) is 0 Å². The van der Waals surface area contributed by atoms with Crippen LogP contribution < -0.4 is 15.2 Å². The molecular formula is C16H19ClN2O4. The number of fused-ring (bicyclic) bond motifs is 1. The van der Waals surface area contributed by atoms with E-state index in [1.54, 1.807) is 17.0 Å². The first kappa shape index (κ1) is 15.9. The average molecular weight is 339 g/mol. The van der Waals surface area contributed by atoms with Crippen LogP contribution in [-0.4, -0.2) is 43.0 Å². The van der Waals surface area contributed by atoms with E-state index in [1.807, 2.05) is 0 Å². The molecule has 124 valence electrons. The summed E-state index contributed by atoms with van der Waals surface area (Å²) in [5.41, 5.74) is 6.05. The van der Waals surface area contributed by atoms with Gasteiger partial charge in [-0.3, -0.25) is 9.59 Å². The summed E-state index contributed by atoms with van der Waals surface area (Å²) in [4.78, 5) is 25.5. The van der Waals surface area contributed by atoms with E-state index in [2.05, 4.69) is 0 Å². The van der Waals surface area contributed by atoms with Crippen LogP contribution in [0, 0.1) is 5.92 Å². The van der Waals surface area contributed by atoms with Gasteiger partial charge in [0.1, 0.15) is 13.2 Å². The molecule has 2 N–H and O–H groups in total. The molecule has 1 fully saturated rings. The van der Waals surface area contributed by atoms with E-state index in [0.29, 0.717) is 48.4 Å². The molecule has 0 spiro atoms. The Kier molecular flexibility index (Phi) is 4.61. The molecule has 0 bridgehead atoms. The van der Waals surface area contributed by atoms with Crippen LogP contribution in [0.4, 0.5) is 0 Å². The number of rotatable bonds is 3. The summed E-state index contributed by atoms with van der Waals surface area (Å²) in [6.07, 6.45) is 1.69. The number of carbonyl (C=O) groups is 2. The standard InChI is InChI=1S/C16H19ClN2O4/c17-12-8-14-13(22-4-5-23-14)6-11(12)7-15(20)19-3-1-2-10(9-19)16(18)21/h6,8,10H,1-5,7,9H2,(H2,18,21)/t10-/m0/s1. The Bertz CT molecular complexity index is 635. The quantitative estimate of drug-likeness (QED) is 0.902. The lowest BCUT2D eigenvalue weighted by molar-refractivity contribution is -0.134. The monoisotopic (exact) mass is 338 g/mol.